The smallest absolute Gasteiger partial charge is 0.191 e. The summed E-state index contributed by atoms with van der Waals surface area (Å²) >= 11 is 1.93. The van der Waals surface area contributed by atoms with Crippen molar-refractivity contribution in [3.8, 4) is 0 Å². The van der Waals surface area contributed by atoms with Crippen molar-refractivity contribution in [1.29, 1.82) is 0 Å². The Morgan fingerprint density at radius 1 is 1.15 bits per heavy atom. The first kappa shape index (κ1) is 22.1. The lowest BCUT2D eigenvalue weighted by atomic mass is 10.2. The van der Waals surface area contributed by atoms with Gasteiger partial charge in [-0.25, -0.2) is 0 Å². The molecule has 6 nitrogen and oxygen atoms in total. The molecule has 1 aromatic rings. The van der Waals surface area contributed by atoms with Gasteiger partial charge < -0.3 is 19.8 Å². The van der Waals surface area contributed by atoms with E-state index in [9.17, 15) is 0 Å². The third kappa shape index (κ3) is 10.7. The Labute approximate surface area is 168 Å². The van der Waals surface area contributed by atoms with Crippen molar-refractivity contribution in [2.75, 3.05) is 64.5 Å². The number of furan rings is 1. The van der Waals surface area contributed by atoms with E-state index in [-0.39, 0.29) is 0 Å². The van der Waals surface area contributed by atoms with Crippen molar-refractivity contribution in [2.24, 2.45) is 4.99 Å². The molecule has 0 saturated carbocycles. The molecular formula is C20H36N4O2S. The minimum absolute atomic E-state index is 0.824. The summed E-state index contributed by atoms with van der Waals surface area (Å²) in [5.74, 6) is 3.19. The molecule has 2 heterocycles. The van der Waals surface area contributed by atoms with Crippen molar-refractivity contribution in [2.45, 2.75) is 32.1 Å². The SMILES string of the molecule is CSCCCCCCN=C(NCCc1ccco1)NCCN1CCOCC1. The summed E-state index contributed by atoms with van der Waals surface area (Å²) < 4.78 is 10.8. The van der Waals surface area contributed by atoms with Gasteiger partial charge in [0.15, 0.2) is 5.96 Å². The lowest BCUT2D eigenvalue weighted by Crippen LogP contribution is -2.44. The number of rotatable bonds is 13. The van der Waals surface area contributed by atoms with E-state index in [2.05, 4.69) is 21.8 Å². The Bertz CT molecular complexity index is 490. The molecule has 0 radical (unpaired) electrons. The molecule has 0 aliphatic carbocycles. The number of ether oxygens (including phenoxy) is 1. The minimum atomic E-state index is 0.824. The fourth-order valence-electron chi connectivity index (χ4n) is 2.99. The number of thioether (sulfide) groups is 1. The molecule has 1 aliphatic rings. The van der Waals surface area contributed by atoms with Crippen molar-refractivity contribution < 1.29 is 9.15 Å². The van der Waals surface area contributed by atoms with E-state index in [1.807, 2.05) is 23.9 Å². The molecule has 0 unspecified atom stereocenters. The first-order valence-corrected chi connectivity index (χ1v) is 11.6. The van der Waals surface area contributed by atoms with E-state index in [0.29, 0.717) is 0 Å². The molecule has 1 saturated heterocycles. The zero-order valence-corrected chi connectivity index (χ0v) is 17.6. The fraction of sp³-hybridized carbons (Fsp3) is 0.750. The maximum atomic E-state index is 5.41. The maximum absolute atomic E-state index is 5.41. The molecule has 1 fully saturated rings. The van der Waals surface area contributed by atoms with Crippen LogP contribution in [0.4, 0.5) is 0 Å². The molecule has 1 aliphatic heterocycles. The standard InChI is InChI=1S/C20H36N4O2S/c1-27-18-5-3-2-4-9-21-20(22-10-8-19-7-6-15-26-19)23-11-12-24-13-16-25-17-14-24/h6-7,15H,2-5,8-14,16-18H2,1H3,(H2,21,22,23). The van der Waals surface area contributed by atoms with Gasteiger partial charge in [0.05, 0.1) is 19.5 Å². The van der Waals surface area contributed by atoms with Crippen LogP contribution in [-0.2, 0) is 11.2 Å². The van der Waals surface area contributed by atoms with Crippen LogP contribution in [0.15, 0.2) is 27.8 Å². The van der Waals surface area contributed by atoms with Gasteiger partial charge >= 0.3 is 0 Å². The van der Waals surface area contributed by atoms with Crippen LogP contribution in [0.2, 0.25) is 0 Å². The molecule has 2 rings (SSSR count). The van der Waals surface area contributed by atoms with E-state index in [0.717, 1.165) is 77.0 Å². The predicted octanol–water partition coefficient (Wildman–Crippen LogP) is 2.61. The molecule has 0 aromatic carbocycles. The number of hydrogen-bond donors (Lipinski definition) is 2. The number of aliphatic imine (C=N–C) groups is 1. The number of unbranched alkanes of at least 4 members (excludes halogenated alkanes) is 3. The highest BCUT2D eigenvalue weighted by Crippen LogP contribution is 2.04. The van der Waals surface area contributed by atoms with Gasteiger partial charge in [0.25, 0.3) is 0 Å². The van der Waals surface area contributed by atoms with Crippen LogP contribution in [0.3, 0.4) is 0 Å². The van der Waals surface area contributed by atoms with Crippen molar-refractivity contribution >= 4 is 17.7 Å². The summed E-state index contributed by atoms with van der Waals surface area (Å²) in [6, 6.07) is 3.95. The van der Waals surface area contributed by atoms with E-state index >= 15 is 0 Å². The Balaban J connectivity index is 1.66. The number of nitrogens with zero attached hydrogens (tertiary/aromatic N) is 2. The van der Waals surface area contributed by atoms with Crippen LogP contribution >= 0.6 is 11.8 Å². The van der Waals surface area contributed by atoms with Crippen molar-refractivity contribution in [1.82, 2.24) is 15.5 Å². The molecule has 154 valence electrons. The molecule has 0 atom stereocenters. The zero-order valence-electron chi connectivity index (χ0n) is 16.8. The monoisotopic (exact) mass is 396 g/mol. The second kappa shape index (κ2) is 14.8. The Kier molecular flexibility index (Phi) is 12.1. The fourth-order valence-corrected chi connectivity index (χ4v) is 3.49. The van der Waals surface area contributed by atoms with Gasteiger partial charge in [0.1, 0.15) is 5.76 Å². The Hall–Kier alpha value is -1.18. The Morgan fingerprint density at radius 3 is 2.74 bits per heavy atom. The third-order valence-electron chi connectivity index (χ3n) is 4.59. The summed E-state index contributed by atoms with van der Waals surface area (Å²) in [6.07, 6.45) is 9.81. The Morgan fingerprint density at radius 2 is 1.96 bits per heavy atom. The molecule has 0 bridgehead atoms. The van der Waals surface area contributed by atoms with Crippen molar-refractivity contribution in [3.05, 3.63) is 24.2 Å². The van der Waals surface area contributed by atoms with Gasteiger partial charge in [-0.15, -0.1) is 0 Å². The molecule has 0 amide bonds. The molecule has 27 heavy (non-hydrogen) atoms. The quantitative estimate of drug-likeness (QED) is 0.304. The van der Waals surface area contributed by atoms with E-state index in [1.54, 1.807) is 6.26 Å². The first-order valence-electron chi connectivity index (χ1n) is 10.2. The van der Waals surface area contributed by atoms with Gasteiger partial charge in [0, 0.05) is 45.7 Å². The highest BCUT2D eigenvalue weighted by molar-refractivity contribution is 7.98. The van der Waals surface area contributed by atoms with Crippen LogP contribution < -0.4 is 10.6 Å². The third-order valence-corrected chi connectivity index (χ3v) is 5.29. The molecule has 2 N–H and O–H groups in total. The lowest BCUT2D eigenvalue weighted by Gasteiger charge is -2.26. The lowest BCUT2D eigenvalue weighted by molar-refractivity contribution is 0.0389. The van der Waals surface area contributed by atoms with Crippen LogP contribution in [-0.4, -0.2) is 75.4 Å². The summed E-state index contributed by atoms with van der Waals surface area (Å²) in [5.41, 5.74) is 0. The number of guanidine groups is 1. The van der Waals surface area contributed by atoms with Crippen LogP contribution in [0.1, 0.15) is 31.4 Å². The molecular weight excluding hydrogens is 360 g/mol. The molecule has 7 heteroatoms. The van der Waals surface area contributed by atoms with Crippen LogP contribution in [0.5, 0.6) is 0 Å². The summed E-state index contributed by atoms with van der Waals surface area (Å²) in [5, 5.41) is 6.92. The second-order valence-corrected chi connectivity index (χ2v) is 7.76. The zero-order chi connectivity index (χ0) is 19.0. The number of morpholine rings is 1. The summed E-state index contributed by atoms with van der Waals surface area (Å²) in [7, 11) is 0. The summed E-state index contributed by atoms with van der Waals surface area (Å²) in [4.78, 5) is 7.19. The first-order chi connectivity index (χ1) is 13.4. The van der Waals surface area contributed by atoms with Gasteiger partial charge in [-0.3, -0.25) is 9.89 Å². The average molecular weight is 397 g/mol. The highest BCUT2D eigenvalue weighted by Gasteiger charge is 2.09. The van der Waals surface area contributed by atoms with E-state index in [4.69, 9.17) is 14.1 Å². The molecule has 1 aromatic heterocycles. The highest BCUT2D eigenvalue weighted by atomic mass is 32.2. The van der Waals surface area contributed by atoms with Gasteiger partial charge in [0.2, 0.25) is 0 Å². The predicted molar refractivity (Wildman–Crippen MR) is 115 cm³/mol. The van der Waals surface area contributed by atoms with E-state index in [1.165, 1.54) is 25.0 Å². The van der Waals surface area contributed by atoms with Gasteiger partial charge in [-0.05, 0) is 37.0 Å². The second-order valence-electron chi connectivity index (χ2n) is 6.77. The van der Waals surface area contributed by atoms with Crippen LogP contribution in [0, 0.1) is 0 Å². The average Bonchev–Trinajstić information content (AvgIpc) is 3.21. The number of hydrogen-bond acceptors (Lipinski definition) is 5. The van der Waals surface area contributed by atoms with Gasteiger partial charge in [-0.1, -0.05) is 12.8 Å². The maximum Gasteiger partial charge on any atom is 0.191 e. The van der Waals surface area contributed by atoms with Crippen LogP contribution in [0.25, 0.3) is 0 Å². The minimum Gasteiger partial charge on any atom is -0.469 e. The van der Waals surface area contributed by atoms with Gasteiger partial charge in [-0.2, -0.15) is 11.8 Å². The van der Waals surface area contributed by atoms with Crippen molar-refractivity contribution in [3.63, 3.8) is 0 Å². The number of nitrogens with one attached hydrogen (secondary N) is 2. The summed E-state index contributed by atoms with van der Waals surface area (Å²) in [6.45, 7) is 7.37. The van der Waals surface area contributed by atoms with E-state index < -0.39 is 0 Å². The molecule has 0 spiro atoms. The topological polar surface area (TPSA) is 62.0 Å². The largest absolute Gasteiger partial charge is 0.469 e. The normalized spacial score (nSPS) is 15.8.